The Hall–Kier alpha value is -2.62. The number of hydrogen-bond donors (Lipinski definition) is 2. The zero-order chi connectivity index (χ0) is 19.7. The zero-order valence-electron chi connectivity index (χ0n) is 15.0. The maximum Gasteiger partial charge on any atom is 0.261 e. The van der Waals surface area contributed by atoms with E-state index in [2.05, 4.69) is 0 Å². The highest BCUT2D eigenvalue weighted by Gasteiger charge is 2.38. The van der Waals surface area contributed by atoms with Gasteiger partial charge >= 0.3 is 0 Å². The Morgan fingerprint density at radius 3 is 2.57 bits per heavy atom. The van der Waals surface area contributed by atoms with E-state index in [1.165, 1.54) is 0 Å². The van der Waals surface area contributed by atoms with Crippen molar-refractivity contribution in [3.05, 3.63) is 48.0 Å². The van der Waals surface area contributed by atoms with Crippen LogP contribution >= 0.6 is 0 Å². The highest BCUT2D eigenvalue weighted by atomic mass is 32.2. The summed E-state index contributed by atoms with van der Waals surface area (Å²) in [6.07, 6.45) is 0.765. The van der Waals surface area contributed by atoms with Crippen LogP contribution in [-0.4, -0.2) is 42.4 Å². The number of rotatable bonds is 4. The summed E-state index contributed by atoms with van der Waals surface area (Å²) >= 11 is 0. The number of carbonyl (C=O) groups excluding carboxylic acids is 1. The summed E-state index contributed by atoms with van der Waals surface area (Å²) in [4.78, 5) is 11.9. The maximum atomic E-state index is 12.5. The molecule has 0 aromatic heterocycles. The third kappa shape index (κ3) is 3.56. The molecule has 4 rings (SSSR count). The fraction of sp³-hybridized carbons (Fsp3) is 0.316. The molecule has 1 amide bonds. The molecule has 28 heavy (non-hydrogen) atoms. The van der Waals surface area contributed by atoms with Gasteiger partial charge in [0, 0.05) is 6.54 Å². The number of nitrogens with zero attached hydrogens (tertiary/aromatic N) is 1. The lowest BCUT2D eigenvalue weighted by Gasteiger charge is -2.33. The van der Waals surface area contributed by atoms with E-state index in [0.29, 0.717) is 24.3 Å². The van der Waals surface area contributed by atoms with Crippen molar-refractivity contribution in [2.45, 2.75) is 25.4 Å². The first-order valence-corrected chi connectivity index (χ1v) is 10.5. The second-order valence-corrected chi connectivity index (χ2v) is 8.80. The number of nitrogens with one attached hydrogen (secondary N) is 1. The molecule has 2 aliphatic heterocycles. The van der Waals surface area contributed by atoms with Crippen molar-refractivity contribution >= 4 is 15.9 Å². The van der Waals surface area contributed by atoms with Gasteiger partial charge in [-0.25, -0.2) is 13.9 Å². The van der Waals surface area contributed by atoms with Gasteiger partial charge in [-0.1, -0.05) is 30.3 Å². The Kier molecular flexibility index (Phi) is 4.96. The van der Waals surface area contributed by atoms with Gasteiger partial charge in [-0.05, 0) is 41.7 Å². The monoisotopic (exact) mass is 404 g/mol. The van der Waals surface area contributed by atoms with Crippen LogP contribution < -0.4 is 15.0 Å². The first-order valence-electron chi connectivity index (χ1n) is 8.90. The average molecular weight is 404 g/mol. The van der Waals surface area contributed by atoms with E-state index in [9.17, 15) is 13.2 Å². The number of amides is 1. The molecule has 0 aliphatic carbocycles. The molecule has 1 fully saturated rings. The van der Waals surface area contributed by atoms with Crippen molar-refractivity contribution < 1.29 is 27.9 Å². The van der Waals surface area contributed by atoms with Gasteiger partial charge in [0.1, 0.15) is 6.04 Å². The van der Waals surface area contributed by atoms with E-state index in [-0.39, 0.29) is 19.1 Å². The molecule has 2 heterocycles. The number of hydrogen-bond acceptors (Lipinski definition) is 6. The van der Waals surface area contributed by atoms with Crippen molar-refractivity contribution in [1.82, 2.24) is 9.79 Å². The Morgan fingerprint density at radius 1 is 1.11 bits per heavy atom. The molecule has 0 bridgehead atoms. The Bertz CT molecular complexity index is 990. The van der Waals surface area contributed by atoms with Gasteiger partial charge in [-0.2, -0.15) is 4.31 Å². The van der Waals surface area contributed by atoms with Gasteiger partial charge in [-0.15, -0.1) is 0 Å². The Balaban J connectivity index is 1.55. The van der Waals surface area contributed by atoms with Crippen LogP contribution in [0.3, 0.4) is 0 Å². The minimum absolute atomic E-state index is 0.00249. The van der Waals surface area contributed by atoms with Crippen LogP contribution in [0, 0.1) is 0 Å². The van der Waals surface area contributed by atoms with Crippen LogP contribution in [0.25, 0.3) is 11.1 Å². The first-order chi connectivity index (χ1) is 13.5. The lowest BCUT2D eigenvalue weighted by Crippen LogP contribution is -2.51. The lowest BCUT2D eigenvalue weighted by atomic mass is 10.0. The summed E-state index contributed by atoms with van der Waals surface area (Å²) in [6, 6.07) is 12.2. The second kappa shape index (κ2) is 7.42. The third-order valence-electron chi connectivity index (χ3n) is 5.00. The maximum absolute atomic E-state index is 12.5. The molecule has 2 aliphatic rings. The van der Waals surface area contributed by atoms with Crippen molar-refractivity contribution in [3.63, 3.8) is 0 Å². The number of fused-ring (bicyclic) bond motifs is 1. The van der Waals surface area contributed by atoms with E-state index in [1.54, 1.807) is 5.48 Å². The van der Waals surface area contributed by atoms with Crippen LogP contribution in [0.1, 0.15) is 18.4 Å². The zero-order valence-corrected chi connectivity index (χ0v) is 15.8. The fourth-order valence-corrected chi connectivity index (χ4v) is 5.22. The van der Waals surface area contributed by atoms with Gasteiger partial charge in [-0.3, -0.25) is 10.0 Å². The molecule has 2 N–H and O–H groups in total. The summed E-state index contributed by atoms with van der Waals surface area (Å²) in [5.41, 5.74) is 4.24. The van der Waals surface area contributed by atoms with Crippen molar-refractivity contribution in [2.75, 3.05) is 12.5 Å². The molecular formula is C19H20N2O6S. The highest BCUT2D eigenvalue weighted by molar-refractivity contribution is 7.89. The molecule has 1 atom stereocenters. The van der Waals surface area contributed by atoms with E-state index in [4.69, 9.17) is 14.7 Å². The molecule has 0 spiro atoms. The minimum Gasteiger partial charge on any atom is -0.454 e. The largest absolute Gasteiger partial charge is 0.454 e. The van der Waals surface area contributed by atoms with Crippen LogP contribution in [0.15, 0.2) is 42.5 Å². The predicted octanol–water partition coefficient (Wildman–Crippen LogP) is 1.88. The summed E-state index contributed by atoms with van der Waals surface area (Å²) in [5, 5.41) is 8.93. The molecule has 0 radical (unpaired) electrons. The molecule has 9 heteroatoms. The number of hydroxylamine groups is 1. The number of carbonyl (C=O) groups is 1. The van der Waals surface area contributed by atoms with Crippen LogP contribution in [0.2, 0.25) is 0 Å². The highest BCUT2D eigenvalue weighted by Crippen LogP contribution is 2.36. The van der Waals surface area contributed by atoms with Crippen molar-refractivity contribution in [1.29, 1.82) is 0 Å². The first kappa shape index (κ1) is 18.7. The molecule has 0 unspecified atom stereocenters. The molecule has 2 aromatic carbocycles. The van der Waals surface area contributed by atoms with Gasteiger partial charge in [0.15, 0.2) is 11.5 Å². The van der Waals surface area contributed by atoms with Gasteiger partial charge in [0.05, 0.1) is 5.75 Å². The second-order valence-electron chi connectivity index (χ2n) is 6.76. The van der Waals surface area contributed by atoms with E-state index >= 15 is 0 Å². The Labute approximate surface area is 162 Å². The smallest absolute Gasteiger partial charge is 0.261 e. The molecule has 2 aromatic rings. The molecule has 0 saturated carbocycles. The number of ether oxygens (including phenoxy) is 2. The van der Waals surface area contributed by atoms with E-state index in [1.807, 2.05) is 42.5 Å². The van der Waals surface area contributed by atoms with Crippen molar-refractivity contribution in [2.24, 2.45) is 0 Å². The third-order valence-corrected chi connectivity index (χ3v) is 6.90. The minimum atomic E-state index is -3.56. The standard InChI is InChI=1S/C19H20N2O6S/c22-19(20-23)16-2-1-9-28(24,25)21(16)11-13-3-5-14(6-4-13)15-7-8-17-18(10-15)27-12-26-17/h3-8,10,16,23H,1-2,9,11-12H2,(H,20,22)/t16-/m0/s1. The van der Waals surface area contributed by atoms with Gasteiger partial charge in [0.25, 0.3) is 5.91 Å². The normalized spacial score (nSPS) is 20.7. The van der Waals surface area contributed by atoms with E-state index in [0.717, 1.165) is 21.0 Å². The summed E-state index contributed by atoms with van der Waals surface area (Å²) in [7, 11) is -3.56. The summed E-state index contributed by atoms with van der Waals surface area (Å²) in [6.45, 7) is 0.284. The van der Waals surface area contributed by atoms with E-state index < -0.39 is 22.0 Å². The Morgan fingerprint density at radius 2 is 1.82 bits per heavy atom. The van der Waals surface area contributed by atoms with Crippen LogP contribution in [0.5, 0.6) is 11.5 Å². The number of sulfonamides is 1. The number of benzene rings is 2. The molecule has 1 saturated heterocycles. The molecular weight excluding hydrogens is 384 g/mol. The SMILES string of the molecule is O=C(NO)[C@@H]1CCCS(=O)(=O)N1Cc1ccc(-c2ccc3c(c2)OCO3)cc1. The molecule has 8 nitrogen and oxygen atoms in total. The quantitative estimate of drug-likeness (QED) is 0.596. The topological polar surface area (TPSA) is 105 Å². The summed E-state index contributed by atoms with van der Waals surface area (Å²) in [5.74, 6) is 0.695. The van der Waals surface area contributed by atoms with Gasteiger partial charge < -0.3 is 9.47 Å². The van der Waals surface area contributed by atoms with Crippen LogP contribution in [-0.2, 0) is 21.4 Å². The average Bonchev–Trinajstić information content (AvgIpc) is 3.17. The summed E-state index contributed by atoms with van der Waals surface area (Å²) < 4.78 is 36.8. The fourth-order valence-electron chi connectivity index (χ4n) is 3.52. The van der Waals surface area contributed by atoms with Crippen molar-refractivity contribution in [3.8, 4) is 22.6 Å². The predicted molar refractivity (Wildman–Crippen MR) is 100 cm³/mol. The van der Waals surface area contributed by atoms with Gasteiger partial charge in [0.2, 0.25) is 16.8 Å². The lowest BCUT2D eigenvalue weighted by molar-refractivity contribution is -0.133. The van der Waals surface area contributed by atoms with Crippen LogP contribution in [0.4, 0.5) is 0 Å². The molecule has 148 valence electrons.